The highest BCUT2D eigenvalue weighted by Crippen LogP contribution is 2.78. The van der Waals surface area contributed by atoms with Crippen molar-refractivity contribution in [2.24, 2.45) is 0 Å². The lowest BCUT2D eigenvalue weighted by Crippen LogP contribution is -2.49. The van der Waals surface area contributed by atoms with Crippen molar-refractivity contribution in [1.29, 1.82) is 0 Å². The lowest BCUT2D eigenvalue weighted by atomic mass is 10.2. The number of aliphatic hydroxyl groups is 1. The van der Waals surface area contributed by atoms with E-state index < -0.39 is 26.2 Å². The molecule has 0 amide bonds. The summed E-state index contributed by atoms with van der Waals surface area (Å²) in [4.78, 5) is 4.20. The molecule has 1 aliphatic carbocycles. The van der Waals surface area contributed by atoms with Crippen LogP contribution in [0.1, 0.15) is 11.4 Å². The van der Waals surface area contributed by atoms with Crippen molar-refractivity contribution in [3.05, 3.63) is 59.9 Å². The highest BCUT2D eigenvalue weighted by atomic mass is 32.2. The largest absolute Gasteiger partial charge is 0.485 e. The Hall–Kier alpha value is 0.260. The summed E-state index contributed by atoms with van der Waals surface area (Å²) >= 11 is 44.0. The van der Waals surface area contributed by atoms with E-state index in [9.17, 15) is 4.39 Å². The van der Waals surface area contributed by atoms with Crippen LogP contribution in [0.4, 0.5) is 4.39 Å². The SMILES string of the molecule is OCC#Cc1ccc(OCc2nnc(SC3(S)C(S)(S)C(S)(S)C(S)(S)C3(S)S)n2-c2cccnc2)cc1F. The van der Waals surface area contributed by atoms with Crippen molar-refractivity contribution in [3.8, 4) is 23.3 Å². The van der Waals surface area contributed by atoms with E-state index in [4.69, 9.17) is 73.0 Å². The molecule has 2 heterocycles. The fourth-order valence-corrected chi connectivity index (χ4v) is 10.4. The summed E-state index contributed by atoms with van der Waals surface area (Å²) in [5.74, 6) is 4.99. The lowest BCUT2D eigenvalue weighted by Gasteiger charge is -2.43. The van der Waals surface area contributed by atoms with E-state index in [1.807, 2.05) is 6.07 Å². The molecule has 0 unspecified atom stereocenters. The average Bonchev–Trinajstić information content (AvgIpc) is 3.30. The van der Waals surface area contributed by atoms with E-state index in [2.05, 4.69) is 77.5 Å². The van der Waals surface area contributed by atoms with E-state index in [0.717, 1.165) is 11.8 Å². The molecule has 0 aliphatic heterocycles. The molecule has 39 heavy (non-hydrogen) atoms. The first-order valence-corrected chi connectivity index (χ1v) is 15.5. The molecular weight excluding hydrogens is 692 g/mol. The van der Waals surface area contributed by atoms with Gasteiger partial charge in [0.2, 0.25) is 0 Å². The maximum atomic E-state index is 14.4. The van der Waals surface area contributed by atoms with Crippen LogP contribution in [-0.4, -0.2) is 51.9 Å². The molecule has 0 spiro atoms. The van der Waals surface area contributed by atoms with E-state index in [1.54, 1.807) is 29.1 Å². The van der Waals surface area contributed by atoms with Gasteiger partial charge in [0.15, 0.2) is 11.0 Å². The third-order valence-corrected chi connectivity index (χ3v) is 17.0. The minimum atomic E-state index is -1.38. The Kier molecular flexibility index (Phi) is 9.69. The standard InChI is InChI=1S/C22H21FN4O2S10/c23-15-9-14(6-5-12(15)3-2-8-28)29-11-16-25-26-17(27(16)13-4-1-7-24-10-13)39-22(38)20(34,35)18(30,31)19(32,33)21(22,36)37/h1,4-7,9-10,28,30-38H,8,11H2. The molecule has 2 aromatic heterocycles. The maximum absolute atomic E-state index is 14.4. The molecular formula is C22H21FN4O2S10. The zero-order valence-corrected chi connectivity index (χ0v) is 28.3. The predicted molar refractivity (Wildman–Crippen MR) is 184 cm³/mol. The van der Waals surface area contributed by atoms with Crippen LogP contribution in [0.2, 0.25) is 0 Å². The molecule has 1 fully saturated rings. The number of thiol groups is 9. The molecule has 17 heteroatoms. The van der Waals surface area contributed by atoms with Crippen LogP contribution in [0.25, 0.3) is 5.69 Å². The normalized spacial score (nSPS) is 19.8. The fraction of sp³-hybridized carbons (Fsp3) is 0.318. The Morgan fingerprint density at radius 1 is 0.949 bits per heavy atom. The summed E-state index contributed by atoms with van der Waals surface area (Å²) in [6, 6.07) is 7.80. The van der Waals surface area contributed by atoms with Gasteiger partial charge >= 0.3 is 0 Å². The summed E-state index contributed by atoms with van der Waals surface area (Å²) < 4.78 is 15.1. The number of hydrogen-bond donors (Lipinski definition) is 10. The number of pyridine rings is 1. The van der Waals surface area contributed by atoms with Crippen molar-refractivity contribution < 1.29 is 14.2 Å². The van der Waals surface area contributed by atoms with Gasteiger partial charge < -0.3 is 9.84 Å². The molecule has 0 bridgehead atoms. The molecule has 0 atom stereocenters. The topological polar surface area (TPSA) is 73.1 Å². The van der Waals surface area contributed by atoms with Crippen molar-refractivity contribution in [2.75, 3.05) is 6.61 Å². The number of aromatic nitrogens is 4. The quantitative estimate of drug-likeness (QED) is 0.104. The fourth-order valence-electron chi connectivity index (χ4n) is 3.65. The van der Waals surface area contributed by atoms with Gasteiger partial charge in [-0.15, -0.1) is 10.2 Å². The third kappa shape index (κ3) is 5.32. The molecule has 4 rings (SSSR count). The molecule has 1 saturated carbocycles. The molecule has 0 radical (unpaired) electrons. The van der Waals surface area contributed by atoms with Crippen molar-refractivity contribution in [1.82, 2.24) is 19.7 Å². The number of thioether (sulfide) groups is 1. The monoisotopic (exact) mass is 712 g/mol. The van der Waals surface area contributed by atoms with Crippen LogP contribution in [0.15, 0.2) is 47.9 Å². The van der Waals surface area contributed by atoms with Gasteiger partial charge in [0.05, 0.1) is 17.4 Å². The summed E-state index contributed by atoms with van der Waals surface area (Å²) in [6.07, 6.45) is 3.25. The minimum Gasteiger partial charge on any atom is -0.485 e. The van der Waals surface area contributed by atoms with Gasteiger partial charge in [-0.05, 0) is 24.3 Å². The second kappa shape index (κ2) is 11.7. The Morgan fingerprint density at radius 2 is 1.62 bits per heavy atom. The van der Waals surface area contributed by atoms with Crippen molar-refractivity contribution in [3.63, 3.8) is 0 Å². The van der Waals surface area contributed by atoms with Crippen molar-refractivity contribution >= 4 is 125 Å². The van der Waals surface area contributed by atoms with Gasteiger partial charge in [-0.25, -0.2) is 4.39 Å². The van der Waals surface area contributed by atoms with Crippen LogP contribution >= 0.6 is 125 Å². The zero-order valence-electron chi connectivity index (χ0n) is 19.4. The second-order valence-electron chi connectivity index (χ2n) is 8.27. The number of ether oxygens (including phenoxy) is 1. The van der Waals surface area contributed by atoms with Gasteiger partial charge in [-0.1, -0.05) is 23.6 Å². The van der Waals surface area contributed by atoms with Gasteiger partial charge in [-0.2, -0.15) is 114 Å². The van der Waals surface area contributed by atoms with Gasteiger partial charge in [0, 0.05) is 12.3 Å². The number of rotatable bonds is 6. The Labute approximate surface area is 278 Å². The van der Waals surface area contributed by atoms with E-state index in [0.29, 0.717) is 16.7 Å². The average molecular weight is 713 g/mol. The Balaban J connectivity index is 1.72. The summed E-state index contributed by atoms with van der Waals surface area (Å²) in [5, 5.41) is 17.9. The van der Waals surface area contributed by atoms with Crippen LogP contribution in [0, 0.1) is 17.7 Å². The van der Waals surface area contributed by atoms with E-state index in [1.165, 1.54) is 12.1 Å². The molecule has 1 aromatic carbocycles. The Bertz CT molecular complexity index is 1410. The highest BCUT2D eigenvalue weighted by Gasteiger charge is 2.81. The first-order chi connectivity index (χ1) is 18.1. The summed E-state index contributed by atoms with van der Waals surface area (Å²) in [5.41, 5.74) is 0.764. The second-order valence-corrected chi connectivity index (χ2v) is 17.2. The van der Waals surface area contributed by atoms with Gasteiger partial charge in [0.1, 0.15) is 45.2 Å². The minimum absolute atomic E-state index is 0.0743. The summed E-state index contributed by atoms with van der Waals surface area (Å²) in [6.45, 7) is -0.445. The predicted octanol–water partition coefficient (Wildman–Crippen LogP) is 4.68. The van der Waals surface area contributed by atoms with Crippen molar-refractivity contribution in [2.45, 2.75) is 32.2 Å². The van der Waals surface area contributed by atoms with E-state index >= 15 is 0 Å². The first kappa shape index (κ1) is 32.2. The molecule has 1 N–H and O–H groups in total. The molecule has 1 aliphatic rings. The van der Waals surface area contributed by atoms with Gasteiger partial charge in [0.25, 0.3) is 0 Å². The molecule has 3 aromatic rings. The molecule has 208 valence electrons. The van der Waals surface area contributed by atoms with Crippen LogP contribution < -0.4 is 4.74 Å². The van der Waals surface area contributed by atoms with Crippen LogP contribution in [-0.2, 0) is 6.61 Å². The number of nitrogens with zero attached hydrogens (tertiary/aromatic N) is 4. The lowest BCUT2D eigenvalue weighted by molar-refractivity contribution is 0.291. The summed E-state index contributed by atoms with van der Waals surface area (Å²) in [7, 11) is 0. The number of halogens is 1. The number of benzene rings is 1. The smallest absolute Gasteiger partial charge is 0.197 e. The number of hydrogen-bond acceptors (Lipinski definition) is 15. The first-order valence-electron chi connectivity index (χ1n) is 10.7. The molecule has 0 saturated heterocycles. The molecule has 6 nitrogen and oxygen atoms in total. The maximum Gasteiger partial charge on any atom is 0.197 e. The number of aliphatic hydroxyl groups excluding tert-OH is 1. The zero-order chi connectivity index (χ0) is 28.9. The highest BCUT2D eigenvalue weighted by molar-refractivity contribution is 8.21. The van der Waals surface area contributed by atoms with Gasteiger partial charge in [-0.3, -0.25) is 9.55 Å². The van der Waals surface area contributed by atoms with Crippen LogP contribution in [0.3, 0.4) is 0 Å². The van der Waals surface area contributed by atoms with E-state index in [-0.39, 0.29) is 24.5 Å². The Morgan fingerprint density at radius 3 is 2.18 bits per heavy atom. The van der Waals surface area contributed by atoms with Crippen LogP contribution in [0.5, 0.6) is 5.75 Å². The third-order valence-electron chi connectivity index (χ3n) is 5.86.